The van der Waals surface area contributed by atoms with Crippen molar-refractivity contribution in [2.24, 2.45) is 0 Å². The number of benzene rings is 2. The molecular weight excluding hydrogens is 350 g/mol. The van der Waals surface area contributed by atoms with Gasteiger partial charge in [0.2, 0.25) is 0 Å². The van der Waals surface area contributed by atoms with Crippen LogP contribution in [0.2, 0.25) is 0 Å². The molecule has 0 bridgehead atoms. The lowest BCUT2D eigenvalue weighted by atomic mass is 10.1. The van der Waals surface area contributed by atoms with Crippen molar-refractivity contribution in [1.82, 2.24) is 4.98 Å². The lowest BCUT2D eigenvalue weighted by molar-refractivity contribution is 0.102. The van der Waals surface area contributed by atoms with Crippen LogP contribution in [0.15, 0.2) is 54.7 Å². The molecule has 2 N–H and O–H groups in total. The summed E-state index contributed by atoms with van der Waals surface area (Å²) in [5.41, 5.74) is 6.36. The lowest BCUT2D eigenvalue weighted by Gasteiger charge is -2.09. The van der Waals surface area contributed by atoms with E-state index in [1.165, 1.54) is 12.3 Å². The number of carbonyl (C=O) groups excluding carboxylic acids is 2. The van der Waals surface area contributed by atoms with Gasteiger partial charge in [-0.3, -0.25) is 14.6 Å². The topological polar surface area (TPSA) is 71.1 Å². The van der Waals surface area contributed by atoms with Gasteiger partial charge >= 0.3 is 0 Å². The van der Waals surface area contributed by atoms with E-state index in [-0.39, 0.29) is 17.5 Å². The highest BCUT2D eigenvalue weighted by Gasteiger charge is 2.13. The van der Waals surface area contributed by atoms with Crippen LogP contribution in [0, 0.1) is 27.7 Å². The molecule has 0 radical (unpaired) electrons. The number of amides is 2. The number of nitrogens with zero attached hydrogens (tertiary/aromatic N) is 1. The molecule has 1 heterocycles. The molecule has 0 spiro atoms. The third-order valence-electron chi connectivity index (χ3n) is 4.50. The SMILES string of the molecule is Cc1cc(C)cc(NC(=O)c2cc(C(=O)Nc3ccc(C)c(C)c3)ccn2)c1. The van der Waals surface area contributed by atoms with Crippen molar-refractivity contribution >= 4 is 23.2 Å². The zero-order valence-electron chi connectivity index (χ0n) is 16.5. The van der Waals surface area contributed by atoms with Gasteiger partial charge in [0.25, 0.3) is 11.8 Å². The first-order valence-electron chi connectivity index (χ1n) is 9.06. The number of aromatic nitrogens is 1. The highest BCUT2D eigenvalue weighted by Crippen LogP contribution is 2.17. The van der Waals surface area contributed by atoms with Crippen molar-refractivity contribution < 1.29 is 9.59 Å². The molecule has 0 saturated carbocycles. The summed E-state index contributed by atoms with van der Waals surface area (Å²) < 4.78 is 0. The van der Waals surface area contributed by atoms with E-state index in [1.807, 2.05) is 64.1 Å². The monoisotopic (exact) mass is 373 g/mol. The van der Waals surface area contributed by atoms with Gasteiger partial charge < -0.3 is 10.6 Å². The fourth-order valence-electron chi connectivity index (χ4n) is 2.96. The van der Waals surface area contributed by atoms with Crippen LogP contribution in [0.25, 0.3) is 0 Å². The summed E-state index contributed by atoms with van der Waals surface area (Å²) >= 11 is 0. The summed E-state index contributed by atoms with van der Waals surface area (Å²) in [5, 5.41) is 5.69. The van der Waals surface area contributed by atoms with E-state index in [0.717, 1.165) is 22.3 Å². The van der Waals surface area contributed by atoms with E-state index < -0.39 is 0 Å². The molecular formula is C23H23N3O2. The summed E-state index contributed by atoms with van der Waals surface area (Å²) in [4.78, 5) is 29.2. The molecule has 2 aromatic carbocycles. The molecule has 2 amide bonds. The van der Waals surface area contributed by atoms with E-state index in [2.05, 4.69) is 15.6 Å². The zero-order valence-corrected chi connectivity index (χ0v) is 16.5. The Bertz CT molecular complexity index is 1040. The summed E-state index contributed by atoms with van der Waals surface area (Å²) in [6, 6.07) is 14.6. The molecule has 3 rings (SSSR count). The molecule has 0 aliphatic heterocycles. The van der Waals surface area contributed by atoms with Crippen molar-refractivity contribution in [3.63, 3.8) is 0 Å². The largest absolute Gasteiger partial charge is 0.322 e. The fourth-order valence-corrected chi connectivity index (χ4v) is 2.96. The predicted octanol–water partition coefficient (Wildman–Crippen LogP) is 4.82. The molecule has 5 heteroatoms. The van der Waals surface area contributed by atoms with Crippen LogP contribution in [-0.4, -0.2) is 16.8 Å². The van der Waals surface area contributed by atoms with E-state index in [0.29, 0.717) is 16.9 Å². The van der Waals surface area contributed by atoms with Gasteiger partial charge in [0.1, 0.15) is 5.69 Å². The second-order valence-corrected chi connectivity index (χ2v) is 7.01. The lowest BCUT2D eigenvalue weighted by Crippen LogP contribution is -2.17. The highest BCUT2D eigenvalue weighted by molar-refractivity contribution is 6.07. The zero-order chi connectivity index (χ0) is 20.3. The van der Waals surface area contributed by atoms with Crippen LogP contribution in [0.5, 0.6) is 0 Å². The Morgan fingerprint density at radius 3 is 2.07 bits per heavy atom. The summed E-state index contributed by atoms with van der Waals surface area (Å²) in [5.74, 6) is -0.642. The van der Waals surface area contributed by atoms with Gasteiger partial charge in [-0.1, -0.05) is 12.1 Å². The van der Waals surface area contributed by atoms with Gasteiger partial charge in [0.15, 0.2) is 0 Å². The quantitative estimate of drug-likeness (QED) is 0.689. The molecule has 0 fully saturated rings. The molecule has 0 aliphatic rings. The smallest absolute Gasteiger partial charge is 0.274 e. The van der Waals surface area contributed by atoms with Gasteiger partial charge in [0.05, 0.1) is 0 Å². The van der Waals surface area contributed by atoms with Crippen LogP contribution in [0.3, 0.4) is 0 Å². The third-order valence-corrected chi connectivity index (χ3v) is 4.50. The summed E-state index contributed by atoms with van der Waals surface area (Å²) in [7, 11) is 0. The maximum atomic E-state index is 12.6. The van der Waals surface area contributed by atoms with Crippen molar-refractivity contribution in [1.29, 1.82) is 0 Å². The normalized spacial score (nSPS) is 10.4. The van der Waals surface area contributed by atoms with E-state index in [9.17, 15) is 9.59 Å². The van der Waals surface area contributed by atoms with Crippen LogP contribution in [0.4, 0.5) is 11.4 Å². The van der Waals surface area contributed by atoms with E-state index in [4.69, 9.17) is 0 Å². The number of hydrogen-bond donors (Lipinski definition) is 2. The molecule has 1 aromatic heterocycles. The first-order chi connectivity index (χ1) is 13.3. The molecule has 142 valence electrons. The minimum Gasteiger partial charge on any atom is -0.322 e. The van der Waals surface area contributed by atoms with Gasteiger partial charge in [0, 0.05) is 23.1 Å². The number of anilines is 2. The molecule has 3 aromatic rings. The van der Waals surface area contributed by atoms with Crippen LogP contribution >= 0.6 is 0 Å². The third kappa shape index (κ3) is 4.62. The Kier molecular flexibility index (Phi) is 5.54. The fraction of sp³-hybridized carbons (Fsp3) is 0.174. The number of aryl methyl sites for hydroxylation is 4. The summed E-state index contributed by atoms with van der Waals surface area (Å²) in [6.45, 7) is 7.95. The van der Waals surface area contributed by atoms with Crippen molar-refractivity contribution in [2.45, 2.75) is 27.7 Å². The molecule has 0 atom stereocenters. The number of carbonyl (C=O) groups is 2. The van der Waals surface area contributed by atoms with Gasteiger partial charge in [-0.2, -0.15) is 0 Å². The molecule has 0 saturated heterocycles. The summed E-state index contributed by atoms with van der Waals surface area (Å²) in [6.07, 6.45) is 1.46. The second-order valence-electron chi connectivity index (χ2n) is 7.01. The molecule has 0 unspecified atom stereocenters. The first kappa shape index (κ1) is 19.3. The highest BCUT2D eigenvalue weighted by atomic mass is 16.2. The van der Waals surface area contributed by atoms with E-state index >= 15 is 0 Å². The van der Waals surface area contributed by atoms with E-state index in [1.54, 1.807) is 6.07 Å². The maximum absolute atomic E-state index is 12.6. The Morgan fingerprint density at radius 2 is 1.39 bits per heavy atom. The Labute approximate surface area is 164 Å². The van der Waals surface area contributed by atoms with Gasteiger partial charge in [-0.05, 0) is 86.3 Å². The number of pyridine rings is 1. The minimum atomic E-state index is -0.356. The predicted molar refractivity (Wildman–Crippen MR) is 112 cm³/mol. The Balaban J connectivity index is 1.76. The number of nitrogens with one attached hydrogen (secondary N) is 2. The van der Waals surface area contributed by atoms with Gasteiger partial charge in [-0.25, -0.2) is 0 Å². The standard InChI is InChI=1S/C23H23N3O2/c1-14-9-15(2)11-20(10-14)26-23(28)21-13-18(7-8-24-21)22(27)25-19-6-5-16(3)17(4)12-19/h5-13H,1-4H3,(H,25,27)(H,26,28). The number of rotatable bonds is 4. The van der Waals surface area contributed by atoms with Gasteiger partial charge in [-0.15, -0.1) is 0 Å². The second kappa shape index (κ2) is 8.05. The van der Waals surface area contributed by atoms with Crippen molar-refractivity contribution in [2.75, 3.05) is 10.6 Å². The first-order valence-corrected chi connectivity index (χ1v) is 9.06. The molecule has 28 heavy (non-hydrogen) atoms. The average molecular weight is 373 g/mol. The molecule has 5 nitrogen and oxygen atoms in total. The Morgan fingerprint density at radius 1 is 0.714 bits per heavy atom. The van der Waals surface area contributed by atoms with Crippen LogP contribution < -0.4 is 10.6 Å². The Hall–Kier alpha value is -3.47. The van der Waals surface area contributed by atoms with Crippen molar-refractivity contribution in [3.8, 4) is 0 Å². The van der Waals surface area contributed by atoms with Crippen LogP contribution in [0.1, 0.15) is 43.1 Å². The minimum absolute atomic E-state index is 0.187. The number of hydrogen-bond acceptors (Lipinski definition) is 3. The molecule has 0 aliphatic carbocycles. The maximum Gasteiger partial charge on any atom is 0.274 e. The van der Waals surface area contributed by atoms with Crippen LogP contribution in [-0.2, 0) is 0 Å². The average Bonchev–Trinajstić information content (AvgIpc) is 2.64. The van der Waals surface area contributed by atoms with Crippen molar-refractivity contribution in [3.05, 3.63) is 88.2 Å².